The number of sulfonamides is 1. The molecule has 1 unspecified atom stereocenters. The smallest absolute Gasteiger partial charge is 0.240 e. The Hall–Kier alpha value is -1.15. The van der Waals surface area contributed by atoms with Gasteiger partial charge in [-0.05, 0) is 18.2 Å². The number of hydrogen-bond donors (Lipinski definition) is 2. The van der Waals surface area contributed by atoms with Crippen molar-refractivity contribution in [3.63, 3.8) is 0 Å². The zero-order chi connectivity index (χ0) is 13.6. The topological polar surface area (TPSA) is 90.7 Å². The first-order valence-electron chi connectivity index (χ1n) is 5.36. The lowest BCUT2D eigenvalue weighted by Gasteiger charge is -2.15. The van der Waals surface area contributed by atoms with E-state index in [0.29, 0.717) is 12.3 Å². The van der Waals surface area contributed by atoms with E-state index in [2.05, 4.69) is 4.72 Å². The predicted molar refractivity (Wildman–Crippen MR) is 68.7 cm³/mol. The van der Waals surface area contributed by atoms with Crippen molar-refractivity contribution in [2.45, 2.75) is 11.0 Å². The van der Waals surface area contributed by atoms with Crippen molar-refractivity contribution in [2.24, 2.45) is 0 Å². The van der Waals surface area contributed by atoms with Gasteiger partial charge in [-0.25, -0.2) is 13.1 Å². The Morgan fingerprint density at radius 2 is 2.11 bits per heavy atom. The third-order valence-electron chi connectivity index (χ3n) is 2.36. The van der Waals surface area contributed by atoms with E-state index < -0.39 is 10.0 Å². The van der Waals surface area contributed by atoms with Crippen LogP contribution in [0.4, 0.5) is 5.69 Å². The van der Waals surface area contributed by atoms with Crippen molar-refractivity contribution in [1.82, 2.24) is 4.72 Å². The van der Waals surface area contributed by atoms with Crippen LogP contribution >= 0.6 is 0 Å². The Morgan fingerprint density at radius 3 is 2.67 bits per heavy atom. The highest BCUT2D eigenvalue weighted by molar-refractivity contribution is 7.89. The third kappa shape index (κ3) is 4.26. The summed E-state index contributed by atoms with van der Waals surface area (Å²) < 4.78 is 36.3. The number of nitrogens with two attached hydrogens (primary N) is 1. The van der Waals surface area contributed by atoms with Crippen LogP contribution in [0, 0.1) is 0 Å². The van der Waals surface area contributed by atoms with Gasteiger partial charge in [0.15, 0.2) is 0 Å². The molecule has 0 aliphatic carbocycles. The summed E-state index contributed by atoms with van der Waals surface area (Å²) in [6, 6.07) is 6.10. The molecule has 0 fully saturated rings. The molecule has 1 rings (SSSR count). The van der Waals surface area contributed by atoms with Crippen LogP contribution in [0.15, 0.2) is 29.2 Å². The van der Waals surface area contributed by atoms with E-state index in [0.717, 1.165) is 0 Å². The molecule has 0 aliphatic rings. The molecule has 0 aliphatic heterocycles. The Kier molecular flexibility index (Phi) is 5.54. The third-order valence-corrected chi connectivity index (χ3v) is 3.78. The van der Waals surface area contributed by atoms with E-state index in [9.17, 15) is 8.42 Å². The minimum atomic E-state index is -3.57. The van der Waals surface area contributed by atoms with Gasteiger partial charge in [0.25, 0.3) is 0 Å². The molecule has 0 saturated heterocycles. The first kappa shape index (κ1) is 14.9. The van der Waals surface area contributed by atoms with Crippen LogP contribution in [0.5, 0.6) is 0 Å². The van der Waals surface area contributed by atoms with Crippen molar-refractivity contribution >= 4 is 15.7 Å². The number of nitrogen functional groups attached to an aromatic ring is 1. The Balaban J connectivity index is 2.70. The fourth-order valence-electron chi connectivity index (χ4n) is 1.36. The van der Waals surface area contributed by atoms with Gasteiger partial charge in [0.2, 0.25) is 10.0 Å². The van der Waals surface area contributed by atoms with Crippen LogP contribution in [-0.4, -0.2) is 41.9 Å². The van der Waals surface area contributed by atoms with E-state index in [1.165, 1.54) is 26.4 Å². The standard InChI is InChI=1S/C11H18N2O4S/c1-16-8-10(17-2)7-13-18(14,15)11-5-3-4-9(12)6-11/h3-6,10,13H,7-8,12H2,1-2H3. The minimum absolute atomic E-state index is 0.134. The molecule has 7 heteroatoms. The fraction of sp³-hybridized carbons (Fsp3) is 0.455. The molecular formula is C11H18N2O4S. The molecule has 0 radical (unpaired) electrons. The highest BCUT2D eigenvalue weighted by Crippen LogP contribution is 2.12. The van der Waals surface area contributed by atoms with Crippen LogP contribution in [-0.2, 0) is 19.5 Å². The molecular weight excluding hydrogens is 256 g/mol. The number of benzene rings is 1. The molecule has 0 saturated carbocycles. The molecule has 6 nitrogen and oxygen atoms in total. The Labute approximate surface area is 107 Å². The molecule has 1 atom stereocenters. The maximum atomic E-state index is 11.9. The van der Waals surface area contributed by atoms with Crippen LogP contribution in [0.25, 0.3) is 0 Å². The summed E-state index contributed by atoms with van der Waals surface area (Å²) in [5.74, 6) is 0. The highest BCUT2D eigenvalue weighted by Gasteiger charge is 2.16. The van der Waals surface area contributed by atoms with Crippen LogP contribution in [0.1, 0.15) is 0 Å². The van der Waals surface area contributed by atoms with Gasteiger partial charge in [-0.3, -0.25) is 0 Å². The summed E-state index contributed by atoms with van der Waals surface area (Å²) in [6.07, 6.45) is -0.328. The second-order valence-electron chi connectivity index (χ2n) is 3.74. The van der Waals surface area contributed by atoms with Crippen molar-refractivity contribution in [3.05, 3.63) is 24.3 Å². The highest BCUT2D eigenvalue weighted by atomic mass is 32.2. The van der Waals surface area contributed by atoms with Gasteiger partial charge in [-0.2, -0.15) is 0 Å². The van der Waals surface area contributed by atoms with Crippen LogP contribution < -0.4 is 10.5 Å². The molecule has 1 aromatic carbocycles. The minimum Gasteiger partial charge on any atom is -0.399 e. The number of ether oxygens (including phenoxy) is 2. The van der Waals surface area contributed by atoms with E-state index in [-0.39, 0.29) is 17.5 Å². The predicted octanol–water partition coefficient (Wildman–Crippen LogP) is 0.208. The molecule has 102 valence electrons. The molecule has 0 spiro atoms. The van der Waals surface area contributed by atoms with Crippen LogP contribution in [0.3, 0.4) is 0 Å². The molecule has 0 aromatic heterocycles. The van der Waals surface area contributed by atoms with Gasteiger partial charge < -0.3 is 15.2 Å². The summed E-state index contributed by atoms with van der Waals surface area (Å²) in [5, 5.41) is 0. The monoisotopic (exact) mass is 274 g/mol. The van der Waals surface area contributed by atoms with Crippen molar-refractivity contribution in [3.8, 4) is 0 Å². The molecule has 0 heterocycles. The lowest BCUT2D eigenvalue weighted by molar-refractivity contribution is 0.0320. The zero-order valence-corrected chi connectivity index (χ0v) is 11.2. The zero-order valence-electron chi connectivity index (χ0n) is 10.4. The van der Waals surface area contributed by atoms with Crippen molar-refractivity contribution in [2.75, 3.05) is 33.1 Å². The van der Waals surface area contributed by atoms with Gasteiger partial charge in [-0.1, -0.05) is 6.07 Å². The Morgan fingerprint density at radius 1 is 1.39 bits per heavy atom. The summed E-state index contributed by atoms with van der Waals surface area (Å²) >= 11 is 0. The van der Waals surface area contributed by atoms with Crippen LogP contribution in [0.2, 0.25) is 0 Å². The van der Waals surface area contributed by atoms with E-state index in [1.807, 2.05) is 0 Å². The average molecular weight is 274 g/mol. The lowest BCUT2D eigenvalue weighted by atomic mass is 10.3. The molecule has 3 N–H and O–H groups in total. The van der Waals surface area contributed by atoms with Gasteiger partial charge in [0.1, 0.15) is 0 Å². The SMILES string of the molecule is COCC(CNS(=O)(=O)c1cccc(N)c1)OC. The molecule has 1 aromatic rings. The van der Waals surface area contributed by atoms with Crippen molar-refractivity contribution < 1.29 is 17.9 Å². The summed E-state index contributed by atoms with van der Waals surface area (Å²) in [5.41, 5.74) is 5.95. The van der Waals surface area contributed by atoms with Gasteiger partial charge in [-0.15, -0.1) is 0 Å². The van der Waals surface area contributed by atoms with Gasteiger partial charge in [0, 0.05) is 26.5 Å². The number of hydrogen-bond acceptors (Lipinski definition) is 5. The quantitative estimate of drug-likeness (QED) is 0.694. The Bertz CT molecular complexity index is 476. The van der Waals surface area contributed by atoms with Crippen molar-refractivity contribution in [1.29, 1.82) is 0 Å². The summed E-state index contributed by atoms with van der Waals surface area (Å²) in [7, 11) is -0.547. The first-order valence-corrected chi connectivity index (χ1v) is 6.85. The molecule has 0 amide bonds. The first-order chi connectivity index (χ1) is 8.49. The second kappa shape index (κ2) is 6.69. The summed E-state index contributed by atoms with van der Waals surface area (Å²) in [4.78, 5) is 0.134. The van der Waals surface area contributed by atoms with E-state index in [1.54, 1.807) is 12.1 Å². The van der Waals surface area contributed by atoms with Gasteiger partial charge in [0.05, 0.1) is 17.6 Å². The number of methoxy groups -OCH3 is 2. The average Bonchev–Trinajstić information content (AvgIpc) is 2.34. The molecule has 18 heavy (non-hydrogen) atoms. The lowest BCUT2D eigenvalue weighted by Crippen LogP contribution is -2.35. The normalized spacial score (nSPS) is 13.4. The summed E-state index contributed by atoms with van der Waals surface area (Å²) in [6.45, 7) is 0.456. The number of nitrogens with one attached hydrogen (secondary N) is 1. The maximum Gasteiger partial charge on any atom is 0.240 e. The number of anilines is 1. The number of rotatable bonds is 7. The van der Waals surface area contributed by atoms with Gasteiger partial charge >= 0.3 is 0 Å². The van der Waals surface area contributed by atoms with E-state index >= 15 is 0 Å². The van der Waals surface area contributed by atoms with E-state index in [4.69, 9.17) is 15.2 Å². The molecule has 0 bridgehead atoms. The second-order valence-corrected chi connectivity index (χ2v) is 5.50. The largest absolute Gasteiger partial charge is 0.399 e. The maximum absolute atomic E-state index is 11.9. The fourth-order valence-corrected chi connectivity index (χ4v) is 2.48.